The summed E-state index contributed by atoms with van der Waals surface area (Å²) >= 11 is 0. The van der Waals surface area contributed by atoms with E-state index in [4.69, 9.17) is 4.42 Å². The van der Waals surface area contributed by atoms with Gasteiger partial charge in [0.1, 0.15) is 0 Å². The van der Waals surface area contributed by atoms with E-state index in [1.165, 1.54) is 34.9 Å². The molecular weight excluding hydrogens is 384 g/mol. The number of nitro benzene ring substituents is 2. The van der Waals surface area contributed by atoms with Crippen LogP contribution in [0.15, 0.2) is 45.6 Å². The average molecular weight is 400 g/mol. The molecule has 0 bridgehead atoms. The van der Waals surface area contributed by atoms with E-state index in [1.54, 1.807) is 13.0 Å². The number of non-ortho nitro benzene ring substituents is 2. The predicted octanol–water partition coefficient (Wildman–Crippen LogP) is 3.14. The Morgan fingerprint density at radius 1 is 1.10 bits per heavy atom. The van der Waals surface area contributed by atoms with Crippen LogP contribution < -0.4 is 11.1 Å². The second-order valence-corrected chi connectivity index (χ2v) is 6.34. The molecule has 150 valence electrons. The molecule has 11 nitrogen and oxygen atoms in total. The summed E-state index contributed by atoms with van der Waals surface area (Å²) in [6.45, 7) is 1.89. The zero-order chi connectivity index (χ0) is 21.1. The average Bonchev–Trinajstić information content (AvgIpc) is 2.98. The third-order valence-electron chi connectivity index (χ3n) is 4.35. The minimum absolute atomic E-state index is 0.0637. The zero-order valence-corrected chi connectivity index (χ0v) is 15.3. The Kier molecular flexibility index (Phi) is 5.39. The Labute approximate surface area is 162 Å². The maximum absolute atomic E-state index is 12.2. The molecule has 0 spiro atoms. The van der Waals surface area contributed by atoms with Crippen molar-refractivity contribution in [2.45, 2.75) is 26.3 Å². The van der Waals surface area contributed by atoms with Gasteiger partial charge in [-0.25, -0.2) is 4.79 Å². The molecule has 1 aromatic heterocycles. The lowest BCUT2D eigenvalue weighted by molar-refractivity contribution is -0.385. The van der Waals surface area contributed by atoms with Crippen molar-refractivity contribution in [2.75, 3.05) is 5.32 Å². The van der Waals surface area contributed by atoms with Crippen LogP contribution in [0.25, 0.3) is 11.1 Å². The van der Waals surface area contributed by atoms with Crippen LogP contribution in [0.3, 0.4) is 0 Å². The van der Waals surface area contributed by atoms with Crippen LogP contribution in [0.1, 0.15) is 18.4 Å². The van der Waals surface area contributed by atoms with Crippen molar-refractivity contribution in [2.24, 2.45) is 0 Å². The molecule has 0 aliphatic heterocycles. The van der Waals surface area contributed by atoms with Gasteiger partial charge in [0, 0.05) is 31.2 Å². The number of hydrogen-bond donors (Lipinski definition) is 1. The summed E-state index contributed by atoms with van der Waals surface area (Å²) in [6, 6.07) is 8.05. The molecule has 1 amide bonds. The van der Waals surface area contributed by atoms with Crippen LogP contribution in [0, 0.1) is 27.2 Å². The number of aromatic nitrogens is 1. The Morgan fingerprint density at radius 3 is 2.45 bits per heavy atom. The lowest BCUT2D eigenvalue weighted by atomic mass is 10.1. The molecule has 3 rings (SSSR count). The number of nitro groups is 2. The summed E-state index contributed by atoms with van der Waals surface area (Å²) in [6.07, 6.45) is 0.361. The van der Waals surface area contributed by atoms with E-state index in [2.05, 4.69) is 5.32 Å². The number of benzene rings is 2. The maximum Gasteiger partial charge on any atom is 0.419 e. The van der Waals surface area contributed by atoms with Crippen molar-refractivity contribution in [3.63, 3.8) is 0 Å². The Hall–Kier alpha value is -4.02. The fraction of sp³-hybridized carbons (Fsp3) is 0.222. The van der Waals surface area contributed by atoms with Gasteiger partial charge in [-0.2, -0.15) is 0 Å². The van der Waals surface area contributed by atoms with Crippen molar-refractivity contribution in [1.29, 1.82) is 0 Å². The number of amides is 1. The molecule has 1 N–H and O–H groups in total. The molecule has 1 heterocycles. The highest BCUT2D eigenvalue weighted by Gasteiger charge is 2.15. The minimum atomic E-state index is -0.671. The molecule has 0 aliphatic rings. The molecule has 0 saturated carbocycles. The predicted molar refractivity (Wildman–Crippen MR) is 103 cm³/mol. The van der Waals surface area contributed by atoms with Crippen molar-refractivity contribution < 1.29 is 19.1 Å². The number of carbonyl (C=O) groups is 1. The number of rotatable bonds is 7. The molecule has 2 aromatic carbocycles. The summed E-state index contributed by atoms with van der Waals surface area (Å²) in [5.74, 6) is -1.03. The molecule has 0 aliphatic carbocycles. The summed E-state index contributed by atoms with van der Waals surface area (Å²) in [4.78, 5) is 44.7. The summed E-state index contributed by atoms with van der Waals surface area (Å²) in [5.41, 5.74) is 1.21. The number of nitrogens with one attached hydrogen (secondary N) is 1. The standard InChI is InChI=1S/C18H16N4O7/c1-11-4-5-12(21(25)26)9-14(11)19-17(23)3-2-8-20-15-7-6-13(22(27)28)10-16(15)29-18(20)24/h4-7,9-10H,2-3,8H2,1H3,(H,19,23). The molecule has 0 fully saturated rings. The van der Waals surface area contributed by atoms with Gasteiger partial charge in [0.05, 0.1) is 27.1 Å². The first-order valence-corrected chi connectivity index (χ1v) is 8.59. The third kappa shape index (κ3) is 4.29. The van der Waals surface area contributed by atoms with Gasteiger partial charge in [-0.3, -0.25) is 29.6 Å². The molecule has 3 aromatic rings. The fourth-order valence-electron chi connectivity index (χ4n) is 2.85. The van der Waals surface area contributed by atoms with Gasteiger partial charge in [0.25, 0.3) is 11.4 Å². The first-order valence-electron chi connectivity index (χ1n) is 8.59. The van der Waals surface area contributed by atoms with E-state index in [9.17, 15) is 29.8 Å². The highest BCUT2D eigenvalue weighted by atomic mass is 16.6. The lowest BCUT2D eigenvalue weighted by Gasteiger charge is -2.08. The molecule has 0 saturated heterocycles. The van der Waals surface area contributed by atoms with Crippen molar-refractivity contribution >= 4 is 34.1 Å². The maximum atomic E-state index is 12.2. The van der Waals surface area contributed by atoms with E-state index in [0.717, 1.165) is 0 Å². The van der Waals surface area contributed by atoms with Crippen molar-refractivity contribution in [1.82, 2.24) is 4.57 Å². The van der Waals surface area contributed by atoms with Gasteiger partial charge in [-0.15, -0.1) is 0 Å². The largest absolute Gasteiger partial charge is 0.419 e. The number of anilines is 1. The van der Waals surface area contributed by atoms with E-state index in [-0.39, 0.29) is 35.8 Å². The van der Waals surface area contributed by atoms with E-state index in [1.807, 2.05) is 0 Å². The Balaban J connectivity index is 1.66. The van der Waals surface area contributed by atoms with Crippen LogP contribution >= 0.6 is 0 Å². The number of fused-ring (bicyclic) bond motifs is 1. The highest BCUT2D eigenvalue weighted by Crippen LogP contribution is 2.23. The van der Waals surface area contributed by atoms with E-state index < -0.39 is 15.6 Å². The van der Waals surface area contributed by atoms with Crippen LogP contribution in [0.4, 0.5) is 17.1 Å². The number of nitrogens with zero attached hydrogens (tertiary/aromatic N) is 3. The molecule has 29 heavy (non-hydrogen) atoms. The van der Waals surface area contributed by atoms with Crippen LogP contribution in [-0.4, -0.2) is 20.3 Å². The smallest absolute Gasteiger partial charge is 0.407 e. The van der Waals surface area contributed by atoms with Gasteiger partial charge in [-0.05, 0) is 25.0 Å². The second-order valence-electron chi connectivity index (χ2n) is 6.34. The zero-order valence-electron chi connectivity index (χ0n) is 15.3. The fourth-order valence-corrected chi connectivity index (χ4v) is 2.85. The first kappa shape index (κ1) is 19.7. The van der Waals surface area contributed by atoms with Gasteiger partial charge >= 0.3 is 5.76 Å². The number of carbonyl (C=O) groups excluding carboxylic acids is 1. The summed E-state index contributed by atoms with van der Waals surface area (Å²) in [5, 5.41) is 24.3. The first-order chi connectivity index (χ1) is 13.8. The molecule has 11 heteroatoms. The van der Waals surface area contributed by atoms with E-state index >= 15 is 0 Å². The number of hydrogen-bond acceptors (Lipinski definition) is 7. The summed E-state index contributed by atoms with van der Waals surface area (Å²) < 4.78 is 6.33. The minimum Gasteiger partial charge on any atom is -0.407 e. The van der Waals surface area contributed by atoms with Crippen molar-refractivity contribution in [3.8, 4) is 0 Å². The Morgan fingerprint density at radius 2 is 1.76 bits per heavy atom. The van der Waals surface area contributed by atoms with Crippen LogP contribution in [0.5, 0.6) is 0 Å². The van der Waals surface area contributed by atoms with Gasteiger partial charge < -0.3 is 9.73 Å². The normalized spacial score (nSPS) is 10.8. The highest BCUT2D eigenvalue weighted by molar-refractivity contribution is 5.91. The lowest BCUT2D eigenvalue weighted by Crippen LogP contribution is -2.17. The SMILES string of the molecule is Cc1ccc([N+](=O)[O-])cc1NC(=O)CCCn1c(=O)oc2cc([N+](=O)[O-])ccc21. The van der Waals surface area contributed by atoms with Crippen LogP contribution in [-0.2, 0) is 11.3 Å². The Bertz CT molecular complexity index is 1180. The second kappa shape index (κ2) is 7.92. The van der Waals surface area contributed by atoms with E-state index in [0.29, 0.717) is 23.2 Å². The summed E-state index contributed by atoms with van der Waals surface area (Å²) in [7, 11) is 0. The monoisotopic (exact) mass is 400 g/mol. The quantitative estimate of drug-likeness (QED) is 0.472. The van der Waals surface area contributed by atoms with Gasteiger partial charge in [0.15, 0.2) is 5.58 Å². The molecule has 0 atom stereocenters. The van der Waals surface area contributed by atoms with Crippen LogP contribution in [0.2, 0.25) is 0 Å². The van der Waals surface area contributed by atoms with Gasteiger partial charge in [0.2, 0.25) is 5.91 Å². The number of aryl methyl sites for hydroxylation is 2. The number of oxazole rings is 1. The molecular formula is C18H16N4O7. The molecule has 0 unspecified atom stereocenters. The topological polar surface area (TPSA) is 151 Å². The van der Waals surface area contributed by atoms with Crippen molar-refractivity contribution in [3.05, 3.63) is 72.7 Å². The third-order valence-corrected chi connectivity index (χ3v) is 4.35. The molecule has 0 radical (unpaired) electrons. The van der Waals surface area contributed by atoms with Gasteiger partial charge in [-0.1, -0.05) is 6.07 Å².